The lowest BCUT2D eigenvalue weighted by atomic mass is 10.1. The monoisotopic (exact) mass is 308 g/mol. The molecule has 1 unspecified atom stereocenters. The molecule has 3 rings (SSSR count). The van der Waals surface area contributed by atoms with E-state index in [2.05, 4.69) is 45.0 Å². The standard InChI is InChI=1S/C15H24N4OS/c1-18-6-8-19(9-7-18)13(14-3-2-10-21-14)11-16-15(20)17-12-4-5-12/h2-3,10,12-13H,4-9,11H2,1H3,(H2,16,17,20). The Bertz CT molecular complexity index is 452. The largest absolute Gasteiger partial charge is 0.336 e. The number of hydrogen-bond acceptors (Lipinski definition) is 4. The van der Waals surface area contributed by atoms with E-state index < -0.39 is 0 Å². The summed E-state index contributed by atoms with van der Waals surface area (Å²) < 4.78 is 0. The van der Waals surface area contributed by atoms with Crippen molar-refractivity contribution in [2.24, 2.45) is 0 Å². The van der Waals surface area contributed by atoms with Gasteiger partial charge in [-0.15, -0.1) is 11.3 Å². The number of carbonyl (C=O) groups is 1. The van der Waals surface area contributed by atoms with Gasteiger partial charge >= 0.3 is 6.03 Å². The van der Waals surface area contributed by atoms with Gasteiger partial charge in [0, 0.05) is 43.6 Å². The van der Waals surface area contributed by atoms with Gasteiger partial charge in [-0.05, 0) is 31.3 Å². The van der Waals surface area contributed by atoms with E-state index in [9.17, 15) is 4.79 Å². The van der Waals surface area contributed by atoms with E-state index in [1.54, 1.807) is 11.3 Å². The first-order valence-electron chi connectivity index (χ1n) is 7.73. The van der Waals surface area contributed by atoms with Gasteiger partial charge in [-0.25, -0.2) is 4.79 Å². The number of nitrogens with zero attached hydrogens (tertiary/aromatic N) is 2. The fourth-order valence-electron chi connectivity index (χ4n) is 2.68. The SMILES string of the molecule is CN1CCN(C(CNC(=O)NC2CC2)c2cccs2)CC1. The second kappa shape index (κ2) is 6.77. The van der Waals surface area contributed by atoms with Gasteiger partial charge in [-0.1, -0.05) is 6.07 Å². The fraction of sp³-hybridized carbons (Fsp3) is 0.667. The molecule has 2 fully saturated rings. The topological polar surface area (TPSA) is 47.6 Å². The van der Waals surface area contributed by atoms with E-state index in [0.717, 1.165) is 39.0 Å². The Labute approximate surface area is 130 Å². The lowest BCUT2D eigenvalue weighted by molar-refractivity contribution is 0.112. The molecule has 1 aromatic heterocycles. The molecule has 1 saturated carbocycles. The highest BCUT2D eigenvalue weighted by atomic mass is 32.1. The third kappa shape index (κ3) is 4.18. The maximum Gasteiger partial charge on any atom is 0.315 e. The Morgan fingerprint density at radius 2 is 2.14 bits per heavy atom. The molecule has 5 nitrogen and oxygen atoms in total. The van der Waals surface area contributed by atoms with Crippen LogP contribution in [0.4, 0.5) is 4.79 Å². The van der Waals surface area contributed by atoms with E-state index in [1.165, 1.54) is 4.88 Å². The van der Waals surface area contributed by atoms with Gasteiger partial charge in [0.2, 0.25) is 0 Å². The highest BCUT2D eigenvalue weighted by Crippen LogP contribution is 2.25. The fourth-order valence-corrected chi connectivity index (χ4v) is 3.54. The predicted octanol–water partition coefficient (Wildman–Crippen LogP) is 1.50. The van der Waals surface area contributed by atoms with Crippen LogP contribution in [0.2, 0.25) is 0 Å². The van der Waals surface area contributed by atoms with Crippen molar-refractivity contribution in [2.45, 2.75) is 24.9 Å². The van der Waals surface area contributed by atoms with Crippen LogP contribution in [0.15, 0.2) is 17.5 Å². The van der Waals surface area contributed by atoms with Crippen LogP contribution >= 0.6 is 11.3 Å². The molecule has 1 atom stereocenters. The van der Waals surface area contributed by atoms with Crippen molar-refractivity contribution in [1.29, 1.82) is 0 Å². The second-order valence-corrected chi connectivity index (χ2v) is 6.98. The number of amides is 2. The lowest BCUT2D eigenvalue weighted by Crippen LogP contribution is -2.49. The number of thiophene rings is 1. The van der Waals surface area contributed by atoms with Gasteiger partial charge in [-0.3, -0.25) is 4.90 Å². The number of carbonyl (C=O) groups excluding carboxylic acids is 1. The van der Waals surface area contributed by atoms with Gasteiger partial charge in [0.25, 0.3) is 0 Å². The highest BCUT2D eigenvalue weighted by molar-refractivity contribution is 7.10. The average Bonchev–Trinajstić information content (AvgIpc) is 3.12. The van der Waals surface area contributed by atoms with Crippen molar-refractivity contribution in [3.63, 3.8) is 0 Å². The molecule has 0 aromatic carbocycles. The van der Waals surface area contributed by atoms with Crippen molar-refractivity contribution >= 4 is 17.4 Å². The summed E-state index contributed by atoms with van der Waals surface area (Å²) in [5.41, 5.74) is 0. The molecule has 2 heterocycles. The minimum Gasteiger partial charge on any atom is -0.336 e. The molecule has 1 saturated heterocycles. The van der Waals surface area contributed by atoms with Crippen molar-refractivity contribution in [3.05, 3.63) is 22.4 Å². The van der Waals surface area contributed by atoms with Crippen LogP contribution in [0.1, 0.15) is 23.8 Å². The maximum atomic E-state index is 11.9. The van der Waals surface area contributed by atoms with E-state index in [1.807, 2.05) is 0 Å². The first-order valence-corrected chi connectivity index (χ1v) is 8.60. The van der Waals surface area contributed by atoms with E-state index in [-0.39, 0.29) is 6.03 Å². The molecule has 6 heteroatoms. The minimum atomic E-state index is -0.0202. The normalized spacial score (nSPS) is 22.0. The molecule has 2 aliphatic rings. The molecular weight excluding hydrogens is 284 g/mol. The molecule has 1 aliphatic carbocycles. The summed E-state index contributed by atoms with van der Waals surface area (Å²) in [4.78, 5) is 18.0. The molecule has 1 aromatic rings. The van der Waals surface area contributed by atoms with E-state index in [4.69, 9.17) is 0 Å². The Morgan fingerprint density at radius 3 is 2.76 bits per heavy atom. The molecule has 2 N–H and O–H groups in total. The Morgan fingerprint density at radius 1 is 1.38 bits per heavy atom. The Kier molecular flexibility index (Phi) is 4.77. The van der Waals surface area contributed by atoms with Crippen LogP contribution in [0.5, 0.6) is 0 Å². The van der Waals surface area contributed by atoms with Crippen molar-refractivity contribution in [3.8, 4) is 0 Å². The Balaban J connectivity index is 1.57. The predicted molar refractivity (Wildman–Crippen MR) is 85.7 cm³/mol. The van der Waals surface area contributed by atoms with Crippen LogP contribution in [0.3, 0.4) is 0 Å². The molecule has 116 valence electrons. The molecular formula is C15H24N4OS. The zero-order chi connectivity index (χ0) is 14.7. The number of likely N-dealkylation sites (N-methyl/N-ethyl adjacent to an activating group) is 1. The number of nitrogens with one attached hydrogen (secondary N) is 2. The number of urea groups is 1. The van der Waals surface area contributed by atoms with Gasteiger partial charge in [0.15, 0.2) is 0 Å². The van der Waals surface area contributed by atoms with Crippen LogP contribution in [0, 0.1) is 0 Å². The minimum absolute atomic E-state index is 0.0202. The van der Waals surface area contributed by atoms with Crippen molar-refractivity contribution < 1.29 is 4.79 Å². The molecule has 0 spiro atoms. The maximum absolute atomic E-state index is 11.9. The third-order valence-electron chi connectivity index (χ3n) is 4.22. The van der Waals surface area contributed by atoms with Gasteiger partial charge < -0.3 is 15.5 Å². The Hall–Kier alpha value is -1.11. The van der Waals surface area contributed by atoms with E-state index >= 15 is 0 Å². The molecule has 0 radical (unpaired) electrons. The summed E-state index contributed by atoms with van der Waals surface area (Å²) >= 11 is 1.78. The lowest BCUT2D eigenvalue weighted by Gasteiger charge is -2.37. The highest BCUT2D eigenvalue weighted by Gasteiger charge is 2.26. The number of rotatable bonds is 5. The second-order valence-electron chi connectivity index (χ2n) is 6.00. The quantitative estimate of drug-likeness (QED) is 0.866. The zero-order valence-electron chi connectivity index (χ0n) is 12.5. The number of hydrogen-bond donors (Lipinski definition) is 2. The summed E-state index contributed by atoms with van der Waals surface area (Å²) in [6, 6.07) is 4.95. The summed E-state index contributed by atoms with van der Waals surface area (Å²) in [6.07, 6.45) is 2.25. The van der Waals surface area contributed by atoms with Crippen LogP contribution in [-0.2, 0) is 0 Å². The first kappa shape index (κ1) is 14.8. The molecule has 2 amide bonds. The van der Waals surface area contributed by atoms with Crippen molar-refractivity contribution in [1.82, 2.24) is 20.4 Å². The average molecular weight is 308 g/mol. The summed E-state index contributed by atoms with van der Waals surface area (Å²) in [6.45, 7) is 4.99. The van der Waals surface area contributed by atoms with Gasteiger partial charge in [0.05, 0.1) is 6.04 Å². The smallest absolute Gasteiger partial charge is 0.315 e. The summed E-state index contributed by atoms with van der Waals surface area (Å²) in [7, 11) is 2.17. The van der Waals surface area contributed by atoms with Gasteiger partial charge in [-0.2, -0.15) is 0 Å². The molecule has 0 bridgehead atoms. The third-order valence-corrected chi connectivity index (χ3v) is 5.19. The zero-order valence-corrected chi connectivity index (χ0v) is 13.4. The van der Waals surface area contributed by atoms with Crippen LogP contribution < -0.4 is 10.6 Å². The van der Waals surface area contributed by atoms with E-state index in [0.29, 0.717) is 18.6 Å². The summed E-state index contributed by atoms with van der Waals surface area (Å²) in [5.74, 6) is 0. The van der Waals surface area contributed by atoms with Crippen LogP contribution in [0.25, 0.3) is 0 Å². The molecule has 1 aliphatic heterocycles. The first-order chi connectivity index (χ1) is 10.2. The number of piperazine rings is 1. The summed E-state index contributed by atoms with van der Waals surface area (Å²) in [5, 5.41) is 8.16. The molecule has 21 heavy (non-hydrogen) atoms. The van der Waals surface area contributed by atoms with Crippen molar-refractivity contribution in [2.75, 3.05) is 39.8 Å². The van der Waals surface area contributed by atoms with Crippen LogP contribution in [-0.4, -0.2) is 61.6 Å². The van der Waals surface area contributed by atoms with Gasteiger partial charge in [0.1, 0.15) is 0 Å².